The molecule has 22 heavy (non-hydrogen) atoms. The van der Waals surface area contributed by atoms with Crippen LogP contribution in [0.1, 0.15) is 23.2 Å². The van der Waals surface area contributed by atoms with Crippen LogP contribution in [0.3, 0.4) is 0 Å². The highest BCUT2D eigenvalue weighted by Crippen LogP contribution is 2.36. The Morgan fingerprint density at radius 2 is 2.32 bits per heavy atom. The van der Waals surface area contributed by atoms with E-state index in [4.69, 9.17) is 16.3 Å². The number of amides is 1. The lowest BCUT2D eigenvalue weighted by Crippen LogP contribution is -2.13. The summed E-state index contributed by atoms with van der Waals surface area (Å²) < 4.78 is 7.39. The molecule has 1 N–H and O–H groups in total. The summed E-state index contributed by atoms with van der Waals surface area (Å²) in [5, 5.41) is 7.70. The summed E-state index contributed by atoms with van der Waals surface area (Å²) in [4.78, 5) is 12.2. The molecule has 0 atom stereocenters. The smallest absolute Gasteiger partial charge is 0.224 e. The number of nitrogens with one attached hydrogen (secondary N) is 1. The summed E-state index contributed by atoms with van der Waals surface area (Å²) >= 11 is 6.09. The van der Waals surface area contributed by atoms with E-state index in [1.54, 1.807) is 6.07 Å². The maximum absolute atomic E-state index is 12.2. The minimum absolute atomic E-state index is 0.0526. The Labute approximate surface area is 134 Å². The minimum atomic E-state index is -0.0526. The van der Waals surface area contributed by atoms with Crippen LogP contribution in [0.2, 0.25) is 5.02 Å². The third kappa shape index (κ3) is 2.95. The first-order chi connectivity index (χ1) is 10.5. The van der Waals surface area contributed by atoms with Gasteiger partial charge in [-0.15, -0.1) is 0 Å². The summed E-state index contributed by atoms with van der Waals surface area (Å²) in [5.74, 6) is 0.693. The maximum atomic E-state index is 12.2. The fraction of sp³-hybridized carbons (Fsp3) is 0.375. The van der Waals surface area contributed by atoms with E-state index in [0.29, 0.717) is 30.2 Å². The van der Waals surface area contributed by atoms with Crippen molar-refractivity contribution in [3.8, 4) is 5.75 Å². The Morgan fingerprint density at radius 1 is 1.50 bits per heavy atom. The molecule has 5 nitrogen and oxygen atoms in total. The molecular weight excluding hydrogens is 302 g/mol. The van der Waals surface area contributed by atoms with E-state index in [0.717, 1.165) is 29.0 Å². The van der Waals surface area contributed by atoms with Gasteiger partial charge in [0, 0.05) is 36.2 Å². The number of anilines is 1. The molecule has 1 aliphatic rings. The molecule has 0 bridgehead atoms. The van der Waals surface area contributed by atoms with Gasteiger partial charge in [0.1, 0.15) is 5.75 Å². The highest BCUT2D eigenvalue weighted by Gasteiger charge is 2.19. The molecule has 0 unspecified atom stereocenters. The van der Waals surface area contributed by atoms with Crippen molar-refractivity contribution in [2.75, 3.05) is 11.9 Å². The summed E-state index contributed by atoms with van der Waals surface area (Å²) in [5.41, 5.74) is 3.88. The molecule has 0 saturated heterocycles. The Hall–Kier alpha value is -2.01. The van der Waals surface area contributed by atoms with Gasteiger partial charge in [0.2, 0.25) is 5.91 Å². The van der Waals surface area contributed by atoms with Crippen molar-refractivity contribution in [3.05, 3.63) is 40.2 Å². The fourth-order valence-corrected chi connectivity index (χ4v) is 2.85. The Bertz CT molecular complexity index is 724. The van der Waals surface area contributed by atoms with Gasteiger partial charge in [-0.05, 0) is 31.0 Å². The molecule has 1 amide bonds. The number of benzene rings is 1. The van der Waals surface area contributed by atoms with E-state index in [-0.39, 0.29) is 5.91 Å². The highest BCUT2D eigenvalue weighted by molar-refractivity contribution is 6.31. The standard InChI is InChI=1S/C16H18ClN3O2/c1-10-12(9-18-20(10)2)3-4-15(21)19-14-8-13(17)7-11-5-6-22-16(11)14/h7-9H,3-6H2,1-2H3,(H,19,21). The molecule has 2 aromatic rings. The zero-order chi connectivity index (χ0) is 15.7. The Morgan fingerprint density at radius 3 is 3.05 bits per heavy atom. The average molecular weight is 320 g/mol. The largest absolute Gasteiger partial charge is 0.491 e. The van der Waals surface area contributed by atoms with Gasteiger partial charge in [-0.1, -0.05) is 11.6 Å². The summed E-state index contributed by atoms with van der Waals surface area (Å²) in [6, 6.07) is 3.62. The zero-order valence-corrected chi connectivity index (χ0v) is 13.4. The number of fused-ring (bicyclic) bond motifs is 1. The molecule has 0 spiro atoms. The zero-order valence-electron chi connectivity index (χ0n) is 12.6. The summed E-state index contributed by atoms with van der Waals surface area (Å²) in [6.45, 7) is 2.63. The van der Waals surface area contributed by atoms with Crippen LogP contribution in [0.15, 0.2) is 18.3 Å². The Balaban J connectivity index is 1.66. The van der Waals surface area contributed by atoms with Crippen LogP contribution < -0.4 is 10.1 Å². The number of aromatic nitrogens is 2. The van der Waals surface area contributed by atoms with E-state index in [9.17, 15) is 4.79 Å². The number of halogens is 1. The first-order valence-corrected chi connectivity index (χ1v) is 7.65. The lowest BCUT2D eigenvalue weighted by atomic mass is 10.1. The van der Waals surface area contributed by atoms with Crippen LogP contribution in [0, 0.1) is 6.92 Å². The predicted octanol–water partition coefficient (Wildman–Crippen LogP) is 2.89. The normalized spacial score (nSPS) is 12.9. The second kappa shape index (κ2) is 6.01. The fourth-order valence-electron chi connectivity index (χ4n) is 2.61. The van der Waals surface area contributed by atoms with Gasteiger partial charge in [0.05, 0.1) is 18.5 Å². The van der Waals surface area contributed by atoms with Gasteiger partial charge in [0.25, 0.3) is 0 Å². The number of rotatable bonds is 4. The van der Waals surface area contributed by atoms with Gasteiger partial charge in [-0.25, -0.2) is 0 Å². The molecular formula is C16H18ClN3O2. The lowest BCUT2D eigenvalue weighted by molar-refractivity contribution is -0.116. The van der Waals surface area contributed by atoms with Crippen LogP contribution in [0.5, 0.6) is 5.75 Å². The quantitative estimate of drug-likeness (QED) is 0.942. The van der Waals surface area contributed by atoms with Gasteiger partial charge in [-0.3, -0.25) is 9.48 Å². The summed E-state index contributed by atoms with van der Waals surface area (Å²) in [6.07, 6.45) is 3.69. The molecule has 1 aromatic heterocycles. The number of hydrogen-bond acceptors (Lipinski definition) is 3. The number of ether oxygens (including phenoxy) is 1. The first kappa shape index (κ1) is 14.9. The molecule has 2 heterocycles. The molecule has 116 valence electrons. The van der Waals surface area contributed by atoms with E-state index in [1.807, 2.05) is 30.9 Å². The molecule has 3 rings (SSSR count). The van der Waals surface area contributed by atoms with Crippen molar-refractivity contribution in [1.29, 1.82) is 0 Å². The highest BCUT2D eigenvalue weighted by atomic mass is 35.5. The SMILES string of the molecule is Cc1c(CCC(=O)Nc2cc(Cl)cc3c2OCC3)cnn1C. The number of carbonyl (C=O) groups is 1. The molecule has 1 aromatic carbocycles. The number of aryl methyl sites for hydroxylation is 2. The van der Waals surface area contributed by atoms with Gasteiger partial charge >= 0.3 is 0 Å². The molecule has 0 radical (unpaired) electrons. The maximum Gasteiger partial charge on any atom is 0.224 e. The molecule has 0 aliphatic carbocycles. The van der Waals surface area contributed by atoms with Crippen molar-refractivity contribution >= 4 is 23.2 Å². The second-order valence-corrected chi connectivity index (χ2v) is 5.90. The number of nitrogens with zero attached hydrogens (tertiary/aromatic N) is 2. The van der Waals surface area contributed by atoms with Gasteiger partial charge in [-0.2, -0.15) is 5.10 Å². The van der Waals surface area contributed by atoms with Crippen molar-refractivity contribution in [3.63, 3.8) is 0 Å². The molecule has 0 saturated carbocycles. The molecule has 6 heteroatoms. The first-order valence-electron chi connectivity index (χ1n) is 7.27. The van der Waals surface area contributed by atoms with Crippen molar-refractivity contribution in [2.24, 2.45) is 7.05 Å². The van der Waals surface area contributed by atoms with E-state index >= 15 is 0 Å². The monoisotopic (exact) mass is 319 g/mol. The molecule has 1 aliphatic heterocycles. The predicted molar refractivity (Wildman–Crippen MR) is 85.5 cm³/mol. The van der Waals surface area contributed by atoms with Crippen molar-refractivity contribution in [1.82, 2.24) is 9.78 Å². The molecule has 0 fully saturated rings. The van der Waals surface area contributed by atoms with Crippen LogP contribution in [0.4, 0.5) is 5.69 Å². The van der Waals surface area contributed by atoms with E-state index in [1.165, 1.54) is 0 Å². The summed E-state index contributed by atoms with van der Waals surface area (Å²) in [7, 11) is 1.89. The van der Waals surface area contributed by atoms with E-state index in [2.05, 4.69) is 10.4 Å². The lowest BCUT2D eigenvalue weighted by Gasteiger charge is -2.10. The van der Waals surface area contributed by atoms with E-state index < -0.39 is 0 Å². The van der Waals surface area contributed by atoms with Gasteiger partial charge < -0.3 is 10.1 Å². The van der Waals surface area contributed by atoms with Crippen LogP contribution in [0.25, 0.3) is 0 Å². The van der Waals surface area contributed by atoms with Crippen molar-refractivity contribution in [2.45, 2.75) is 26.2 Å². The average Bonchev–Trinajstić information content (AvgIpc) is 3.05. The van der Waals surface area contributed by atoms with Crippen molar-refractivity contribution < 1.29 is 9.53 Å². The number of carbonyl (C=O) groups excluding carboxylic acids is 1. The third-order valence-corrected chi connectivity index (χ3v) is 4.20. The minimum Gasteiger partial charge on any atom is -0.491 e. The van der Waals surface area contributed by atoms with Crippen LogP contribution >= 0.6 is 11.6 Å². The topological polar surface area (TPSA) is 56.1 Å². The second-order valence-electron chi connectivity index (χ2n) is 5.47. The third-order valence-electron chi connectivity index (χ3n) is 3.98. The van der Waals surface area contributed by atoms with Crippen LogP contribution in [-0.4, -0.2) is 22.3 Å². The Kier molecular flexibility index (Phi) is 4.07. The van der Waals surface area contributed by atoms with Gasteiger partial charge in [0.15, 0.2) is 0 Å². The number of hydrogen-bond donors (Lipinski definition) is 1. The van der Waals surface area contributed by atoms with Crippen LogP contribution in [-0.2, 0) is 24.7 Å².